The Morgan fingerprint density at radius 1 is 1.28 bits per heavy atom. The van der Waals surface area contributed by atoms with Crippen molar-refractivity contribution < 1.29 is 4.79 Å². The molecule has 2 rings (SSSR count). The molecule has 0 saturated carbocycles. The Balaban J connectivity index is 1.91. The summed E-state index contributed by atoms with van der Waals surface area (Å²) in [5.74, 6) is 0.772. The zero-order chi connectivity index (χ0) is 13.0. The van der Waals surface area contributed by atoms with Gasteiger partial charge in [0, 0.05) is 39.9 Å². The number of H-pyrrole nitrogens is 1. The lowest BCUT2D eigenvalue weighted by Crippen LogP contribution is -2.25. The van der Waals surface area contributed by atoms with Gasteiger partial charge in [0.25, 0.3) is 5.91 Å². The van der Waals surface area contributed by atoms with Gasteiger partial charge < -0.3 is 10.3 Å². The molecule has 2 aromatic rings. The van der Waals surface area contributed by atoms with E-state index in [1.54, 1.807) is 24.5 Å². The number of nitrogens with zero attached hydrogens (tertiary/aromatic N) is 1. The molecule has 0 bridgehead atoms. The van der Waals surface area contributed by atoms with Crippen molar-refractivity contribution in [2.75, 3.05) is 6.54 Å². The number of rotatable bonds is 4. The molecule has 1 amide bonds. The van der Waals surface area contributed by atoms with Gasteiger partial charge in [-0.15, -0.1) is 0 Å². The smallest absolute Gasteiger partial charge is 0.251 e. The summed E-state index contributed by atoms with van der Waals surface area (Å²) in [6.45, 7) is 0.552. The minimum absolute atomic E-state index is 0.0939. The number of carbonyl (C=O) groups excluding carboxylic acids is 1. The van der Waals surface area contributed by atoms with Crippen LogP contribution in [-0.4, -0.2) is 22.4 Å². The second kappa shape index (κ2) is 6.15. The lowest BCUT2D eigenvalue weighted by molar-refractivity contribution is 0.0954. The van der Waals surface area contributed by atoms with Gasteiger partial charge >= 0.3 is 0 Å². The van der Waals surface area contributed by atoms with Crippen molar-refractivity contribution >= 4 is 37.8 Å². The van der Waals surface area contributed by atoms with E-state index in [1.807, 2.05) is 6.07 Å². The first-order valence-electron chi connectivity index (χ1n) is 5.38. The minimum atomic E-state index is -0.0939. The van der Waals surface area contributed by atoms with Crippen LogP contribution in [0.3, 0.4) is 0 Å². The van der Waals surface area contributed by atoms with Crippen LogP contribution in [0.2, 0.25) is 0 Å². The fourth-order valence-electron chi connectivity index (χ4n) is 1.52. The Bertz CT molecular complexity index is 520. The standard InChI is InChI=1S/C12H11Br2N3O/c13-9-5-8(6-10(14)7-9)12(18)17-2-1-11-15-3-4-16-11/h3-7H,1-2H2,(H,15,16)(H,17,18). The van der Waals surface area contributed by atoms with Gasteiger partial charge in [-0.05, 0) is 18.2 Å². The molecule has 18 heavy (non-hydrogen) atoms. The van der Waals surface area contributed by atoms with E-state index in [9.17, 15) is 4.79 Å². The molecule has 0 radical (unpaired) electrons. The molecule has 0 aliphatic carbocycles. The Kier molecular flexibility index (Phi) is 4.54. The van der Waals surface area contributed by atoms with E-state index in [1.165, 1.54) is 0 Å². The first kappa shape index (κ1) is 13.3. The van der Waals surface area contributed by atoms with E-state index in [-0.39, 0.29) is 5.91 Å². The zero-order valence-electron chi connectivity index (χ0n) is 9.41. The van der Waals surface area contributed by atoms with E-state index in [0.717, 1.165) is 14.8 Å². The number of halogens is 2. The molecular weight excluding hydrogens is 362 g/mol. The van der Waals surface area contributed by atoms with Gasteiger partial charge in [-0.25, -0.2) is 4.98 Å². The quantitative estimate of drug-likeness (QED) is 0.866. The average molecular weight is 373 g/mol. The number of hydrogen-bond acceptors (Lipinski definition) is 2. The zero-order valence-corrected chi connectivity index (χ0v) is 12.6. The van der Waals surface area contributed by atoms with Crippen molar-refractivity contribution in [3.63, 3.8) is 0 Å². The number of imidazole rings is 1. The molecule has 0 aliphatic rings. The summed E-state index contributed by atoms with van der Waals surface area (Å²) < 4.78 is 1.74. The van der Waals surface area contributed by atoms with Crippen LogP contribution in [0.4, 0.5) is 0 Å². The molecular formula is C12H11Br2N3O. The largest absolute Gasteiger partial charge is 0.352 e. The van der Waals surface area contributed by atoms with Gasteiger partial charge in [0.15, 0.2) is 0 Å². The van der Waals surface area contributed by atoms with Crippen LogP contribution in [0, 0.1) is 0 Å². The van der Waals surface area contributed by atoms with Crippen molar-refractivity contribution in [3.8, 4) is 0 Å². The van der Waals surface area contributed by atoms with Crippen LogP contribution in [0.5, 0.6) is 0 Å². The predicted octanol–water partition coefficient (Wildman–Crippen LogP) is 2.91. The van der Waals surface area contributed by atoms with Crippen LogP contribution in [0.15, 0.2) is 39.5 Å². The summed E-state index contributed by atoms with van der Waals surface area (Å²) in [5.41, 5.74) is 0.621. The molecule has 0 fully saturated rings. The number of amides is 1. The molecule has 0 spiro atoms. The molecule has 4 nitrogen and oxygen atoms in total. The van der Waals surface area contributed by atoms with Crippen LogP contribution in [0.1, 0.15) is 16.2 Å². The maximum atomic E-state index is 11.9. The van der Waals surface area contributed by atoms with E-state index >= 15 is 0 Å². The molecule has 94 valence electrons. The van der Waals surface area contributed by atoms with Crippen molar-refractivity contribution in [3.05, 3.63) is 50.9 Å². The third-order valence-electron chi connectivity index (χ3n) is 2.33. The van der Waals surface area contributed by atoms with Gasteiger partial charge in [-0.2, -0.15) is 0 Å². The summed E-state index contributed by atoms with van der Waals surface area (Å²) in [7, 11) is 0. The van der Waals surface area contributed by atoms with Crippen LogP contribution < -0.4 is 5.32 Å². The molecule has 0 aliphatic heterocycles. The van der Waals surface area contributed by atoms with E-state index < -0.39 is 0 Å². The summed E-state index contributed by atoms with van der Waals surface area (Å²) in [6.07, 6.45) is 4.15. The highest BCUT2D eigenvalue weighted by Gasteiger charge is 2.07. The van der Waals surface area contributed by atoms with Crippen molar-refractivity contribution in [1.82, 2.24) is 15.3 Å². The Hall–Kier alpha value is -1.14. The lowest BCUT2D eigenvalue weighted by atomic mass is 10.2. The topological polar surface area (TPSA) is 57.8 Å². The summed E-state index contributed by atoms with van der Waals surface area (Å²) in [4.78, 5) is 19.0. The fraction of sp³-hybridized carbons (Fsp3) is 0.167. The van der Waals surface area contributed by atoms with Gasteiger partial charge in [-0.3, -0.25) is 4.79 Å². The maximum absolute atomic E-state index is 11.9. The van der Waals surface area contributed by atoms with Crippen LogP contribution in [0.25, 0.3) is 0 Å². The lowest BCUT2D eigenvalue weighted by Gasteiger charge is -2.05. The average Bonchev–Trinajstić information content (AvgIpc) is 2.80. The van der Waals surface area contributed by atoms with Gasteiger partial charge in [0.2, 0.25) is 0 Å². The minimum Gasteiger partial charge on any atom is -0.352 e. The van der Waals surface area contributed by atoms with Crippen LogP contribution in [-0.2, 0) is 6.42 Å². The molecule has 1 heterocycles. The van der Waals surface area contributed by atoms with Gasteiger partial charge in [0.1, 0.15) is 5.82 Å². The van der Waals surface area contributed by atoms with Gasteiger partial charge in [-0.1, -0.05) is 31.9 Å². The highest BCUT2D eigenvalue weighted by Crippen LogP contribution is 2.19. The summed E-state index contributed by atoms with van der Waals surface area (Å²) in [6, 6.07) is 5.46. The Morgan fingerprint density at radius 2 is 2.00 bits per heavy atom. The number of carbonyl (C=O) groups is 1. The summed E-state index contributed by atoms with van der Waals surface area (Å²) in [5, 5.41) is 2.85. The SMILES string of the molecule is O=C(NCCc1ncc[nH]1)c1cc(Br)cc(Br)c1. The molecule has 0 unspecified atom stereocenters. The molecule has 6 heteroatoms. The predicted molar refractivity (Wildman–Crippen MR) is 76.5 cm³/mol. The van der Waals surface area contributed by atoms with E-state index in [0.29, 0.717) is 18.5 Å². The monoisotopic (exact) mass is 371 g/mol. The highest BCUT2D eigenvalue weighted by molar-refractivity contribution is 9.11. The van der Waals surface area contributed by atoms with Crippen molar-refractivity contribution in [1.29, 1.82) is 0 Å². The summed E-state index contributed by atoms with van der Waals surface area (Å²) >= 11 is 6.71. The third-order valence-corrected chi connectivity index (χ3v) is 3.24. The molecule has 0 saturated heterocycles. The molecule has 0 atom stereocenters. The third kappa shape index (κ3) is 3.68. The van der Waals surface area contributed by atoms with Crippen molar-refractivity contribution in [2.45, 2.75) is 6.42 Å². The van der Waals surface area contributed by atoms with Crippen LogP contribution >= 0.6 is 31.9 Å². The first-order chi connectivity index (χ1) is 8.65. The first-order valence-corrected chi connectivity index (χ1v) is 6.96. The number of benzene rings is 1. The normalized spacial score (nSPS) is 10.3. The maximum Gasteiger partial charge on any atom is 0.251 e. The molecule has 1 aromatic heterocycles. The van der Waals surface area contributed by atoms with E-state index in [2.05, 4.69) is 47.1 Å². The number of nitrogens with one attached hydrogen (secondary N) is 2. The fourth-order valence-corrected chi connectivity index (χ4v) is 2.81. The Morgan fingerprint density at radius 3 is 2.61 bits per heavy atom. The Labute approximate surface area is 121 Å². The van der Waals surface area contributed by atoms with E-state index in [4.69, 9.17) is 0 Å². The highest BCUT2D eigenvalue weighted by atomic mass is 79.9. The second-order valence-electron chi connectivity index (χ2n) is 3.70. The number of aromatic amines is 1. The second-order valence-corrected chi connectivity index (χ2v) is 5.53. The van der Waals surface area contributed by atoms with Crippen molar-refractivity contribution in [2.24, 2.45) is 0 Å². The molecule has 2 N–H and O–H groups in total. The number of hydrogen-bond donors (Lipinski definition) is 2. The van der Waals surface area contributed by atoms with Gasteiger partial charge in [0.05, 0.1) is 0 Å². The molecule has 1 aromatic carbocycles. The number of aromatic nitrogens is 2.